The number of carboxylic acid groups (broad SMARTS) is 2. The first-order chi connectivity index (χ1) is 5.13. The molecule has 1 rings (SSSR count). The third-order valence-electron chi connectivity index (χ3n) is 2.12. The van der Waals surface area contributed by atoms with Crippen LogP contribution >= 0.6 is 0 Å². The number of rotatable bonds is 2. The largest absolute Gasteiger partial charge is 2.00 e. The van der Waals surface area contributed by atoms with Gasteiger partial charge in [-0.3, -0.25) is 0 Å². The van der Waals surface area contributed by atoms with E-state index in [-0.39, 0.29) is 22.4 Å². The van der Waals surface area contributed by atoms with Crippen LogP contribution in [0, 0.1) is 11.8 Å². The van der Waals surface area contributed by atoms with Crippen LogP contribution < -0.4 is 10.2 Å². The molecule has 0 saturated heterocycles. The molecule has 0 aliphatic heterocycles. The normalized spacial score (nSPS) is 27.7. The zero-order valence-corrected chi connectivity index (χ0v) is 7.69. The summed E-state index contributed by atoms with van der Waals surface area (Å²) in [5, 5.41) is 20.6. The molecule has 2 atom stereocenters. The predicted octanol–water partition coefficient (Wildman–Crippen LogP) is -2.10. The van der Waals surface area contributed by atoms with Crippen molar-refractivity contribution in [2.45, 2.75) is 19.3 Å². The Morgan fingerprint density at radius 2 is 1.33 bits per heavy atom. The molecule has 0 aromatic carbocycles. The molecule has 0 spiro atoms. The SMILES string of the molecule is O=C([O-])C1CCCC1C(=O)[O-].[Ag+2]. The minimum atomic E-state index is -1.27. The number of aliphatic carboxylic acids is 2. The topological polar surface area (TPSA) is 80.3 Å². The monoisotopic (exact) mass is 263 g/mol. The van der Waals surface area contributed by atoms with Crippen molar-refractivity contribution in [3.05, 3.63) is 0 Å². The maximum absolute atomic E-state index is 10.3. The first-order valence-corrected chi connectivity index (χ1v) is 3.54. The van der Waals surface area contributed by atoms with Gasteiger partial charge in [0.25, 0.3) is 0 Å². The fourth-order valence-corrected chi connectivity index (χ4v) is 1.52. The van der Waals surface area contributed by atoms with Crippen LogP contribution in [0.4, 0.5) is 0 Å². The zero-order valence-electron chi connectivity index (χ0n) is 6.21. The minimum absolute atomic E-state index is 0. The van der Waals surface area contributed by atoms with Gasteiger partial charge in [-0.1, -0.05) is 6.42 Å². The summed E-state index contributed by atoms with van der Waals surface area (Å²) in [6, 6.07) is 0. The van der Waals surface area contributed by atoms with E-state index in [4.69, 9.17) is 0 Å². The van der Waals surface area contributed by atoms with Gasteiger partial charge in [-0.2, -0.15) is 0 Å². The van der Waals surface area contributed by atoms with Gasteiger partial charge in [0.1, 0.15) is 0 Å². The van der Waals surface area contributed by atoms with Crippen LogP contribution in [-0.4, -0.2) is 11.9 Å². The van der Waals surface area contributed by atoms with E-state index in [1.165, 1.54) is 0 Å². The molecule has 4 nitrogen and oxygen atoms in total. The molecule has 1 fully saturated rings. The van der Waals surface area contributed by atoms with Crippen LogP contribution in [0.25, 0.3) is 0 Å². The van der Waals surface area contributed by atoms with E-state index in [2.05, 4.69) is 0 Å². The number of carbonyl (C=O) groups is 2. The van der Waals surface area contributed by atoms with Crippen molar-refractivity contribution in [1.29, 1.82) is 0 Å². The average molecular weight is 264 g/mol. The molecule has 1 aliphatic carbocycles. The molecule has 0 bridgehead atoms. The van der Waals surface area contributed by atoms with E-state index in [0.29, 0.717) is 19.3 Å². The van der Waals surface area contributed by atoms with Crippen molar-refractivity contribution >= 4 is 11.9 Å². The zero-order chi connectivity index (χ0) is 8.43. The molecule has 2 unspecified atom stereocenters. The molecular weight excluding hydrogens is 256 g/mol. The third-order valence-corrected chi connectivity index (χ3v) is 2.12. The summed E-state index contributed by atoms with van der Waals surface area (Å²) in [7, 11) is 0. The fourth-order valence-electron chi connectivity index (χ4n) is 1.52. The predicted molar refractivity (Wildman–Crippen MR) is 30.8 cm³/mol. The molecule has 0 amide bonds. The van der Waals surface area contributed by atoms with Gasteiger partial charge in [-0.05, 0) is 12.8 Å². The first-order valence-electron chi connectivity index (χ1n) is 3.54. The van der Waals surface area contributed by atoms with Crippen molar-refractivity contribution in [2.75, 3.05) is 0 Å². The molecular formula is C7H8AgO4. The number of hydrogen-bond acceptors (Lipinski definition) is 4. The Labute approximate surface area is 85.5 Å². The van der Waals surface area contributed by atoms with Gasteiger partial charge in [0.15, 0.2) is 0 Å². The molecule has 0 aromatic rings. The molecule has 71 valence electrons. The van der Waals surface area contributed by atoms with E-state index in [9.17, 15) is 19.8 Å². The van der Waals surface area contributed by atoms with Crippen LogP contribution in [0.3, 0.4) is 0 Å². The number of carbonyl (C=O) groups excluding carboxylic acids is 2. The van der Waals surface area contributed by atoms with Gasteiger partial charge < -0.3 is 19.8 Å². The Hall–Kier alpha value is -0.320. The molecule has 1 radical (unpaired) electrons. The molecule has 0 heterocycles. The second-order valence-electron chi connectivity index (χ2n) is 2.78. The van der Waals surface area contributed by atoms with Crippen LogP contribution in [0.1, 0.15) is 19.3 Å². The molecule has 0 N–H and O–H groups in total. The summed E-state index contributed by atoms with van der Waals surface area (Å²) >= 11 is 0. The summed E-state index contributed by atoms with van der Waals surface area (Å²) in [6.07, 6.45) is 1.44. The van der Waals surface area contributed by atoms with Gasteiger partial charge >= 0.3 is 22.4 Å². The molecule has 1 aliphatic rings. The Morgan fingerprint density at radius 1 is 1.00 bits per heavy atom. The standard InChI is InChI=1S/C7H10O4.Ag/c8-6(9)4-2-1-3-5(4)7(10)11;/h4-5H,1-3H2,(H,8,9)(H,10,11);/q;+2/p-2. The van der Waals surface area contributed by atoms with Crippen molar-refractivity contribution < 1.29 is 42.2 Å². The van der Waals surface area contributed by atoms with E-state index in [1.807, 2.05) is 0 Å². The molecule has 5 heteroatoms. The van der Waals surface area contributed by atoms with Crippen LogP contribution in [0.5, 0.6) is 0 Å². The summed E-state index contributed by atoms with van der Waals surface area (Å²) < 4.78 is 0. The van der Waals surface area contributed by atoms with E-state index in [1.54, 1.807) is 0 Å². The molecule has 12 heavy (non-hydrogen) atoms. The summed E-state index contributed by atoms with van der Waals surface area (Å²) in [4.78, 5) is 20.6. The van der Waals surface area contributed by atoms with Gasteiger partial charge in [0, 0.05) is 23.8 Å². The van der Waals surface area contributed by atoms with Crippen molar-refractivity contribution in [2.24, 2.45) is 11.8 Å². The summed E-state index contributed by atoms with van der Waals surface area (Å²) in [5.74, 6) is -4.20. The average Bonchev–Trinajstić information content (AvgIpc) is 2.32. The van der Waals surface area contributed by atoms with E-state index < -0.39 is 23.8 Å². The quantitative estimate of drug-likeness (QED) is 0.535. The number of hydrogen-bond donors (Lipinski definition) is 0. The van der Waals surface area contributed by atoms with Gasteiger partial charge in [0.05, 0.1) is 0 Å². The Morgan fingerprint density at radius 3 is 1.58 bits per heavy atom. The Balaban J connectivity index is 0.00000121. The van der Waals surface area contributed by atoms with Crippen LogP contribution in [-0.2, 0) is 32.0 Å². The molecule has 0 aromatic heterocycles. The maximum Gasteiger partial charge on any atom is 2.00 e. The second kappa shape index (κ2) is 4.64. The second-order valence-corrected chi connectivity index (χ2v) is 2.78. The maximum atomic E-state index is 10.3. The Bertz CT molecular complexity index is 172. The van der Waals surface area contributed by atoms with Gasteiger partial charge in [0.2, 0.25) is 0 Å². The third kappa shape index (κ3) is 2.33. The molecule has 1 saturated carbocycles. The van der Waals surface area contributed by atoms with Gasteiger partial charge in [-0.25, -0.2) is 0 Å². The van der Waals surface area contributed by atoms with Gasteiger partial charge in [-0.15, -0.1) is 0 Å². The smallest absolute Gasteiger partial charge is 0.550 e. The fraction of sp³-hybridized carbons (Fsp3) is 0.714. The van der Waals surface area contributed by atoms with Crippen molar-refractivity contribution in [3.8, 4) is 0 Å². The van der Waals surface area contributed by atoms with Crippen molar-refractivity contribution in [3.63, 3.8) is 0 Å². The van der Waals surface area contributed by atoms with Crippen molar-refractivity contribution in [1.82, 2.24) is 0 Å². The van der Waals surface area contributed by atoms with Crippen LogP contribution in [0.2, 0.25) is 0 Å². The Kier molecular flexibility index (Phi) is 4.52. The van der Waals surface area contributed by atoms with E-state index >= 15 is 0 Å². The van der Waals surface area contributed by atoms with E-state index in [0.717, 1.165) is 0 Å². The number of carboxylic acids is 2. The minimum Gasteiger partial charge on any atom is -0.550 e. The summed E-state index contributed by atoms with van der Waals surface area (Å²) in [6.45, 7) is 0. The summed E-state index contributed by atoms with van der Waals surface area (Å²) in [5.41, 5.74) is 0. The van der Waals surface area contributed by atoms with Crippen LogP contribution in [0.15, 0.2) is 0 Å². The first kappa shape index (κ1) is 11.7.